The van der Waals surface area contributed by atoms with Crippen LogP contribution in [0.5, 0.6) is 0 Å². The monoisotopic (exact) mass is 366 g/mol. The third-order valence-electron chi connectivity index (χ3n) is 5.15. The fourth-order valence-corrected chi connectivity index (χ4v) is 3.65. The van der Waals surface area contributed by atoms with Gasteiger partial charge in [-0.15, -0.1) is 0 Å². The molecule has 8 heteroatoms. The molecule has 3 aromatic rings. The molecule has 140 valence electrons. The van der Waals surface area contributed by atoms with Crippen molar-refractivity contribution in [2.45, 2.75) is 26.3 Å². The highest BCUT2D eigenvalue weighted by Gasteiger charge is 2.29. The Hall–Kier alpha value is -3.16. The van der Waals surface area contributed by atoms with Crippen LogP contribution in [-0.4, -0.2) is 30.0 Å². The standard InChI is InChI=1S/C19H22N6O2/c1-12-16(13-7-5-4-6-8-13)22-23(2)17(12)20-18(26)14-9-10-15-21-24(3)19(27)25(15)11-14/h4-8,14H,9-11H2,1-3H3,(H,20,26). The molecule has 3 heterocycles. The van der Waals surface area contributed by atoms with Gasteiger partial charge in [0, 0.05) is 38.2 Å². The summed E-state index contributed by atoms with van der Waals surface area (Å²) < 4.78 is 4.62. The Labute approximate surface area is 156 Å². The minimum Gasteiger partial charge on any atom is -0.310 e. The summed E-state index contributed by atoms with van der Waals surface area (Å²) in [6.45, 7) is 2.31. The molecule has 27 heavy (non-hydrogen) atoms. The first-order chi connectivity index (χ1) is 13.0. The SMILES string of the molecule is Cc1c(-c2ccccc2)nn(C)c1NC(=O)C1CCc2nn(C)c(=O)n2C1. The molecule has 0 saturated heterocycles. The number of aryl methyl sites for hydroxylation is 3. The Morgan fingerprint density at radius 2 is 1.89 bits per heavy atom. The molecule has 1 aliphatic heterocycles. The van der Waals surface area contributed by atoms with Gasteiger partial charge in [-0.05, 0) is 13.3 Å². The second-order valence-electron chi connectivity index (χ2n) is 6.97. The van der Waals surface area contributed by atoms with Gasteiger partial charge in [0.25, 0.3) is 0 Å². The van der Waals surface area contributed by atoms with Crippen LogP contribution in [0.25, 0.3) is 11.3 Å². The number of fused-ring (bicyclic) bond motifs is 1. The first-order valence-corrected chi connectivity index (χ1v) is 8.98. The van der Waals surface area contributed by atoms with E-state index in [1.807, 2.05) is 44.3 Å². The summed E-state index contributed by atoms with van der Waals surface area (Å²) in [4.78, 5) is 25.0. The van der Waals surface area contributed by atoms with Crippen LogP contribution < -0.4 is 11.0 Å². The van der Waals surface area contributed by atoms with E-state index in [1.54, 1.807) is 16.3 Å². The lowest BCUT2D eigenvalue weighted by atomic mass is 9.98. The van der Waals surface area contributed by atoms with Crippen LogP contribution in [0, 0.1) is 12.8 Å². The molecule has 0 radical (unpaired) electrons. The van der Waals surface area contributed by atoms with E-state index in [-0.39, 0.29) is 17.5 Å². The number of nitrogens with one attached hydrogen (secondary N) is 1. The lowest BCUT2D eigenvalue weighted by Gasteiger charge is -2.21. The van der Waals surface area contributed by atoms with E-state index in [1.165, 1.54) is 4.68 Å². The van der Waals surface area contributed by atoms with Gasteiger partial charge in [-0.2, -0.15) is 10.2 Å². The number of nitrogens with zero attached hydrogens (tertiary/aromatic N) is 5. The Morgan fingerprint density at radius 3 is 2.63 bits per heavy atom. The maximum absolute atomic E-state index is 12.9. The van der Waals surface area contributed by atoms with Crippen LogP contribution >= 0.6 is 0 Å². The van der Waals surface area contributed by atoms with E-state index in [4.69, 9.17) is 0 Å². The summed E-state index contributed by atoms with van der Waals surface area (Å²) in [5.41, 5.74) is 2.61. The molecule has 0 fully saturated rings. The average molecular weight is 366 g/mol. The Balaban J connectivity index is 1.56. The normalized spacial score (nSPS) is 16.2. The van der Waals surface area contributed by atoms with Gasteiger partial charge in [0.2, 0.25) is 5.91 Å². The van der Waals surface area contributed by atoms with E-state index >= 15 is 0 Å². The summed E-state index contributed by atoms with van der Waals surface area (Å²) in [5, 5.41) is 11.8. The molecule has 0 aliphatic carbocycles. The highest BCUT2D eigenvalue weighted by atomic mass is 16.2. The van der Waals surface area contributed by atoms with E-state index in [0.29, 0.717) is 25.2 Å². The second kappa shape index (κ2) is 6.53. The lowest BCUT2D eigenvalue weighted by molar-refractivity contribution is -0.120. The third-order valence-corrected chi connectivity index (χ3v) is 5.15. The lowest BCUT2D eigenvalue weighted by Crippen LogP contribution is -2.36. The number of anilines is 1. The molecule has 1 amide bonds. The minimum atomic E-state index is -0.270. The zero-order chi connectivity index (χ0) is 19.1. The number of benzene rings is 1. The first kappa shape index (κ1) is 17.3. The molecule has 1 N–H and O–H groups in total. The van der Waals surface area contributed by atoms with E-state index < -0.39 is 0 Å². The molecule has 0 saturated carbocycles. The topological polar surface area (TPSA) is 86.7 Å². The van der Waals surface area contributed by atoms with E-state index in [0.717, 1.165) is 22.6 Å². The van der Waals surface area contributed by atoms with Gasteiger partial charge in [0.15, 0.2) is 0 Å². The smallest absolute Gasteiger partial charge is 0.310 e. The largest absolute Gasteiger partial charge is 0.345 e. The number of hydrogen-bond acceptors (Lipinski definition) is 4. The maximum atomic E-state index is 12.9. The van der Waals surface area contributed by atoms with Crippen molar-refractivity contribution >= 4 is 11.7 Å². The first-order valence-electron chi connectivity index (χ1n) is 8.98. The minimum absolute atomic E-state index is 0.0953. The molecule has 1 unspecified atom stereocenters. The van der Waals surface area contributed by atoms with Crippen LogP contribution in [-0.2, 0) is 31.9 Å². The van der Waals surface area contributed by atoms with Crippen molar-refractivity contribution in [2.24, 2.45) is 20.0 Å². The molecular weight excluding hydrogens is 344 g/mol. The fraction of sp³-hybridized carbons (Fsp3) is 0.368. The van der Waals surface area contributed by atoms with Gasteiger partial charge in [0.1, 0.15) is 11.6 Å². The summed E-state index contributed by atoms with van der Waals surface area (Å²) in [6, 6.07) is 9.89. The molecule has 0 bridgehead atoms. The average Bonchev–Trinajstić information content (AvgIpc) is 3.12. The van der Waals surface area contributed by atoms with Crippen molar-refractivity contribution in [3.63, 3.8) is 0 Å². The van der Waals surface area contributed by atoms with Crippen LogP contribution in [0.15, 0.2) is 35.1 Å². The summed E-state index contributed by atoms with van der Waals surface area (Å²) in [6.07, 6.45) is 1.29. The molecule has 1 atom stereocenters. The van der Waals surface area contributed by atoms with Gasteiger partial charge in [-0.25, -0.2) is 9.48 Å². The van der Waals surface area contributed by atoms with Crippen molar-refractivity contribution in [2.75, 3.05) is 5.32 Å². The Kier molecular flexibility index (Phi) is 4.18. The highest BCUT2D eigenvalue weighted by molar-refractivity contribution is 5.93. The molecule has 2 aromatic heterocycles. The number of carbonyl (C=O) groups excluding carboxylic acids is 1. The number of amides is 1. The number of aromatic nitrogens is 5. The quantitative estimate of drug-likeness (QED) is 0.761. The maximum Gasteiger partial charge on any atom is 0.345 e. The third kappa shape index (κ3) is 2.97. The molecule has 8 nitrogen and oxygen atoms in total. The van der Waals surface area contributed by atoms with Crippen molar-refractivity contribution in [1.29, 1.82) is 0 Å². The van der Waals surface area contributed by atoms with Gasteiger partial charge < -0.3 is 5.32 Å². The number of hydrogen-bond donors (Lipinski definition) is 1. The number of rotatable bonds is 3. The molecule has 4 rings (SSSR count). The molecule has 1 aromatic carbocycles. The van der Waals surface area contributed by atoms with Gasteiger partial charge in [-0.3, -0.25) is 14.0 Å². The molecular formula is C19H22N6O2. The van der Waals surface area contributed by atoms with Crippen molar-refractivity contribution < 1.29 is 4.79 Å². The van der Waals surface area contributed by atoms with Crippen LogP contribution in [0.3, 0.4) is 0 Å². The molecule has 0 spiro atoms. The van der Waals surface area contributed by atoms with Gasteiger partial charge >= 0.3 is 5.69 Å². The summed E-state index contributed by atoms with van der Waals surface area (Å²) in [7, 11) is 3.45. The van der Waals surface area contributed by atoms with Gasteiger partial charge in [0.05, 0.1) is 11.6 Å². The Morgan fingerprint density at radius 1 is 1.15 bits per heavy atom. The van der Waals surface area contributed by atoms with Crippen LogP contribution in [0.2, 0.25) is 0 Å². The predicted octanol–water partition coefficient (Wildman–Crippen LogP) is 1.49. The zero-order valence-electron chi connectivity index (χ0n) is 15.6. The van der Waals surface area contributed by atoms with E-state index in [9.17, 15) is 9.59 Å². The van der Waals surface area contributed by atoms with Crippen LogP contribution in [0.1, 0.15) is 17.8 Å². The van der Waals surface area contributed by atoms with Crippen molar-refractivity contribution in [1.82, 2.24) is 24.1 Å². The van der Waals surface area contributed by atoms with Crippen LogP contribution in [0.4, 0.5) is 5.82 Å². The highest BCUT2D eigenvalue weighted by Crippen LogP contribution is 2.28. The fourth-order valence-electron chi connectivity index (χ4n) is 3.65. The van der Waals surface area contributed by atoms with Crippen molar-refractivity contribution in [3.8, 4) is 11.3 Å². The number of carbonyl (C=O) groups is 1. The zero-order valence-corrected chi connectivity index (χ0v) is 15.6. The second-order valence-corrected chi connectivity index (χ2v) is 6.97. The molecule has 1 aliphatic rings. The Bertz CT molecular complexity index is 1060. The van der Waals surface area contributed by atoms with Crippen molar-refractivity contribution in [3.05, 3.63) is 52.2 Å². The van der Waals surface area contributed by atoms with Gasteiger partial charge in [-0.1, -0.05) is 30.3 Å². The van der Waals surface area contributed by atoms with E-state index in [2.05, 4.69) is 15.5 Å². The summed E-state index contributed by atoms with van der Waals surface area (Å²) >= 11 is 0. The summed E-state index contributed by atoms with van der Waals surface area (Å²) in [5.74, 6) is 1.06. The predicted molar refractivity (Wildman–Crippen MR) is 101 cm³/mol.